The van der Waals surface area contributed by atoms with Crippen LogP contribution in [0.25, 0.3) is 0 Å². The van der Waals surface area contributed by atoms with Gasteiger partial charge < -0.3 is 5.32 Å². The molecular formula is C11H16N2. The number of hydrogen-bond donors (Lipinski definition) is 1. The fourth-order valence-electron chi connectivity index (χ4n) is 1.21. The molecule has 2 atom stereocenters. The summed E-state index contributed by atoms with van der Waals surface area (Å²) in [6.07, 6.45) is 5.52. The molecule has 0 fully saturated rings. The Hall–Kier alpha value is -1.15. The zero-order valence-corrected chi connectivity index (χ0v) is 8.20. The summed E-state index contributed by atoms with van der Waals surface area (Å²) in [5.41, 5.74) is 1.25. The standard InChI is InChI=1S/C11H16N2/c1-4-9(2)13-10(3)11-5-7-12-8-6-11/h4-10,13H,1H2,2-3H3/t9?,10-/m0/s1. The van der Waals surface area contributed by atoms with Gasteiger partial charge in [0.15, 0.2) is 0 Å². The zero-order chi connectivity index (χ0) is 9.68. The molecule has 1 aromatic heterocycles. The Morgan fingerprint density at radius 2 is 2.00 bits per heavy atom. The molecule has 0 radical (unpaired) electrons. The predicted octanol–water partition coefficient (Wildman–Crippen LogP) is 2.31. The van der Waals surface area contributed by atoms with Crippen LogP contribution in [0.15, 0.2) is 37.2 Å². The van der Waals surface area contributed by atoms with Crippen molar-refractivity contribution in [1.29, 1.82) is 0 Å². The number of aromatic nitrogens is 1. The quantitative estimate of drug-likeness (QED) is 0.712. The molecule has 0 aromatic carbocycles. The molecule has 0 aliphatic heterocycles. The lowest BCUT2D eigenvalue weighted by atomic mass is 10.1. The minimum Gasteiger partial charge on any atom is -0.304 e. The van der Waals surface area contributed by atoms with Crippen LogP contribution in [0.2, 0.25) is 0 Å². The Labute approximate surface area is 79.7 Å². The maximum atomic E-state index is 3.98. The summed E-state index contributed by atoms with van der Waals surface area (Å²) in [7, 11) is 0. The first-order valence-electron chi connectivity index (χ1n) is 4.52. The summed E-state index contributed by atoms with van der Waals surface area (Å²) in [5.74, 6) is 0. The van der Waals surface area contributed by atoms with E-state index in [1.165, 1.54) is 5.56 Å². The minimum absolute atomic E-state index is 0.336. The highest BCUT2D eigenvalue weighted by Gasteiger charge is 2.05. The molecule has 0 bridgehead atoms. The molecule has 13 heavy (non-hydrogen) atoms. The predicted molar refractivity (Wildman–Crippen MR) is 55.4 cm³/mol. The van der Waals surface area contributed by atoms with Crippen molar-refractivity contribution in [1.82, 2.24) is 10.3 Å². The first kappa shape index (κ1) is 9.93. The lowest BCUT2D eigenvalue weighted by molar-refractivity contribution is 0.537. The molecular weight excluding hydrogens is 160 g/mol. The van der Waals surface area contributed by atoms with E-state index < -0.39 is 0 Å². The molecule has 0 saturated heterocycles. The van der Waals surface area contributed by atoms with Crippen LogP contribution in [-0.2, 0) is 0 Å². The highest BCUT2D eigenvalue weighted by atomic mass is 14.9. The maximum absolute atomic E-state index is 3.98. The largest absolute Gasteiger partial charge is 0.304 e. The topological polar surface area (TPSA) is 24.9 Å². The number of hydrogen-bond acceptors (Lipinski definition) is 2. The van der Waals surface area contributed by atoms with E-state index in [2.05, 4.69) is 30.7 Å². The Balaban J connectivity index is 2.58. The van der Waals surface area contributed by atoms with Crippen LogP contribution in [0, 0.1) is 0 Å². The molecule has 0 amide bonds. The summed E-state index contributed by atoms with van der Waals surface area (Å²) >= 11 is 0. The Kier molecular flexibility index (Phi) is 3.65. The van der Waals surface area contributed by atoms with Gasteiger partial charge in [0.1, 0.15) is 0 Å². The lowest BCUT2D eigenvalue weighted by Crippen LogP contribution is -2.26. The van der Waals surface area contributed by atoms with Crippen LogP contribution >= 0.6 is 0 Å². The summed E-state index contributed by atoms with van der Waals surface area (Å²) in [5, 5.41) is 3.40. The fourth-order valence-corrected chi connectivity index (χ4v) is 1.21. The SMILES string of the molecule is C=CC(C)N[C@@H](C)c1ccncc1. The molecule has 1 aromatic rings. The zero-order valence-electron chi connectivity index (χ0n) is 8.20. The van der Waals surface area contributed by atoms with E-state index in [-0.39, 0.29) is 0 Å². The molecule has 0 saturated carbocycles. The molecule has 1 rings (SSSR count). The number of nitrogens with zero attached hydrogens (tertiary/aromatic N) is 1. The van der Waals surface area contributed by atoms with E-state index in [9.17, 15) is 0 Å². The first-order chi connectivity index (χ1) is 6.24. The average molecular weight is 176 g/mol. The van der Waals surface area contributed by atoms with E-state index in [1.807, 2.05) is 30.6 Å². The van der Waals surface area contributed by atoms with Crippen LogP contribution < -0.4 is 5.32 Å². The summed E-state index contributed by atoms with van der Waals surface area (Å²) < 4.78 is 0. The number of rotatable bonds is 4. The van der Waals surface area contributed by atoms with E-state index in [0.717, 1.165) is 0 Å². The van der Waals surface area contributed by atoms with Gasteiger partial charge in [-0.1, -0.05) is 6.08 Å². The van der Waals surface area contributed by atoms with E-state index in [1.54, 1.807) is 0 Å². The van der Waals surface area contributed by atoms with Gasteiger partial charge in [-0.2, -0.15) is 0 Å². The maximum Gasteiger partial charge on any atom is 0.0298 e. The monoisotopic (exact) mass is 176 g/mol. The fraction of sp³-hybridized carbons (Fsp3) is 0.364. The molecule has 1 heterocycles. The first-order valence-corrected chi connectivity index (χ1v) is 4.52. The second-order valence-corrected chi connectivity index (χ2v) is 3.19. The van der Waals surface area contributed by atoms with Crippen molar-refractivity contribution in [3.05, 3.63) is 42.7 Å². The minimum atomic E-state index is 0.336. The summed E-state index contributed by atoms with van der Waals surface area (Å²) in [6.45, 7) is 7.95. The van der Waals surface area contributed by atoms with Gasteiger partial charge in [-0.05, 0) is 31.5 Å². The Morgan fingerprint density at radius 1 is 1.38 bits per heavy atom. The van der Waals surface area contributed by atoms with Gasteiger partial charge >= 0.3 is 0 Å². The molecule has 70 valence electrons. The van der Waals surface area contributed by atoms with Crippen molar-refractivity contribution in [3.63, 3.8) is 0 Å². The Bertz CT molecular complexity index is 256. The molecule has 0 aliphatic rings. The van der Waals surface area contributed by atoms with Gasteiger partial charge in [-0.15, -0.1) is 6.58 Å². The van der Waals surface area contributed by atoms with E-state index in [0.29, 0.717) is 12.1 Å². The van der Waals surface area contributed by atoms with E-state index >= 15 is 0 Å². The van der Waals surface area contributed by atoms with Crippen molar-refractivity contribution >= 4 is 0 Å². The van der Waals surface area contributed by atoms with Crippen LogP contribution in [-0.4, -0.2) is 11.0 Å². The second kappa shape index (κ2) is 4.77. The molecule has 1 unspecified atom stereocenters. The van der Waals surface area contributed by atoms with Gasteiger partial charge in [0.25, 0.3) is 0 Å². The van der Waals surface area contributed by atoms with Gasteiger partial charge in [0.2, 0.25) is 0 Å². The van der Waals surface area contributed by atoms with Crippen molar-refractivity contribution in [2.24, 2.45) is 0 Å². The normalized spacial score (nSPS) is 14.9. The summed E-state index contributed by atoms with van der Waals surface area (Å²) in [4.78, 5) is 3.98. The van der Waals surface area contributed by atoms with Crippen molar-refractivity contribution in [2.75, 3.05) is 0 Å². The third-order valence-corrected chi connectivity index (χ3v) is 2.07. The highest BCUT2D eigenvalue weighted by molar-refractivity contribution is 5.14. The van der Waals surface area contributed by atoms with Gasteiger partial charge in [-0.25, -0.2) is 0 Å². The highest BCUT2D eigenvalue weighted by Crippen LogP contribution is 2.10. The molecule has 1 N–H and O–H groups in total. The van der Waals surface area contributed by atoms with E-state index in [4.69, 9.17) is 0 Å². The second-order valence-electron chi connectivity index (χ2n) is 3.19. The number of pyridine rings is 1. The van der Waals surface area contributed by atoms with Crippen LogP contribution in [0.1, 0.15) is 25.5 Å². The smallest absolute Gasteiger partial charge is 0.0298 e. The average Bonchev–Trinajstić information content (AvgIpc) is 2.19. The molecule has 2 nitrogen and oxygen atoms in total. The van der Waals surface area contributed by atoms with Gasteiger partial charge in [0.05, 0.1) is 0 Å². The van der Waals surface area contributed by atoms with Crippen molar-refractivity contribution in [3.8, 4) is 0 Å². The third kappa shape index (κ3) is 2.99. The summed E-state index contributed by atoms with van der Waals surface area (Å²) in [6, 6.07) is 4.72. The molecule has 0 aliphatic carbocycles. The van der Waals surface area contributed by atoms with Crippen LogP contribution in [0.5, 0.6) is 0 Å². The van der Waals surface area contributed by atoms with Crippen molar-refractivity contribution in [2.45, 2.75) is 25.9 Å². The third-order valence-electron chi connectivity index (χ3n) is 2.07. The lowest BCUT2D eigenvalue weighted by Gasteiger charge is -2.17. The molecule has 0 spiro atoms. The van der Waals surface area contributed by atoms with Crippen LogP contribution in [0.3, 0.4) is 0 Å². The molecule has 2 heteroatoms. The van der Waals surface area contributed by atoms with Crippen molar-refractivity contribution < 1.29 is 0 Å². The Morgan fingerprint density at radius 3 is 2.54 bits per heavy atom. The van der Waals surface area contributed by atoms with Crippen LogP contribution in [0.4, 0.5) is 0 Å². The van der Waals surface area contributed by atoms with Gasteiger partial charge in [-0.3, -0.25) is 4.98 Å². The number of nitrogens with one attached hydrogen (secondary N) is 1. The van der Waals surface area contributed by atoms with Gasteiger partial charge in [0, 0.05) is 24.5 Å².